The zero-order chi connectivity index (χ0) is 17.2. The van der Waals surface area contributed by atoms with Crippen molar-refractivity contribution in [3.8, 4) is 5.75 Å². The van der Waals surface area contributed by atoms with Crippen LogP contribution in [0.1, 0.15) is 39.0 Å². The summed E-state index contributed by atoms with van der Waals surface area (Å²) >= 11 is 0. The Morgan fingerprint density at radius 2 is 2.04 bits per heavy atom. The van der Waals surface area contributed by atoms with Gasteiger partial charge in [0.2, 0.25) is 5.91 Å². The molecule has 2 rings (SSSR count). The summed E-state index contributed by atoms with van der Waals surface area (Å²) in [4.78, 5) is 14.4. The van der Waals surface area contributed by atoms with E-state index in [4.69, 9.17) is 9.47 Å². The minimum absolute atomic E-state index is 0.0227. The van der Waals surface area contributed by atoms with Crippen molar-refractivity contribution in [3.63, 3.8) is 0 Å². The lowest BCUT2D eigenvalue weighted by atomic mass is 9.94. The highest BCUT2D eigenvalue weighted by molar-refractivity contribution is 5.92. The van der Waals surface area contributed by atoms with Gasteiger partial charge in [0.15, 0.2) is 0 Å². The van der Waals surface area contributed by atoms with Crippen LogP contribution in [0, 0.1) is 0 Å². The molecule has 0 atom stereocenters. The fourth-order valence-electron chi connectivity index (χ4n) is 3.10. The highest BCUT2D eigenvalue weighted by atomic mass is 16.5. The average Bonchev–Trinajstić information content (AvgIpc) is 2.60. The van der Waals surface area contributed by atoms with Crippen LogP contribution >= 0.6 is 0 Å². The van der Waals surface area contributed by atoms with E-state index >= 15 is 0 Å². The third-order valence-electron chi connectivity index (χ3n) is 4.41. The smallest absolute Gasteiger partial charge is 0.238 e. The third-order valence-corrected chi connectivity index (χ3v) is 4.41. The van der Waals surface area contributed by atoms with Crippen molar-refractivity contribution in [2.24, 2.45) is 0 Å². The number of rotatable bonds is 9. The Morgan fingerprint density at radius 1 is 1.25 bits per heavy atom. The second-order valence-electron chi connectivity index (χ2n) is 6.33. The molecule has 5 heteroatoms. The number of nitrogens with zero attached hydrogens (tertiary/aromatic N) is 1. The Bertz CT molecular complexity index is 501. The summed E-state index contributed by atoms with van der Waals surface area (Å²) in [6.07, 6.45) is 6.28. The van der Waals surface area contributed by atoms with E-state index in [0.717, 1.165) is 11.4 Å². The Hall–Kier alpha value is -1.59. The molecule has 5 nitrogen and oxygen atoms in total. The van der Waals surface area contributed by atoms with Crippen LogP contribution in [-0.4, -0.2) is 50.3 Å². The van der Waals surface area contributed by atoms with E-state index in [1.165, 1.54) is 32.1 Å². The molecule has 1 saturated carbocycles. The van der Waals surface area contributed by atoms with Crippen molar-refractivity contribution in [1.82, 2.24) is 4.90 Å². The van der Waals surface area contributed by atoms with Crippen molar-refractivity contribution in [1.29, 1.82) is 0 Å². The number of carbonyl (C=O) groups is 1. The third kappa shape index (κ3) is 6.49. The first-order valence-electron chi connectivity index (χ1n) is 8.99. The van der Waals surface area contributed by atoms with Gasteiger partial charge in [-0.2, -0.15) is 0 Å². The monoisotopic (exact) mass is 334 g/mol. The minimum Gasteiger partial charge on any atom is -0.491 e. The quantitative estimate of drug-likeness (QED) is 0.704. The molecule has 134 valence electrons. The van der Waals surface area contributed by atoms with Crippen LogP contribution in [0.2, 0.25) is 0 Å². The first-order valence-corrected chi connectivity index (χ1v) is 8.99. The predicted molar refractivity (Wildman–Crippen MR) is 96.6 cm³/mol. The van der Waals surface area contributed by atoms with Crippen LogP contribution < -0.4 is 10.1 Å². The molecule has 1 aromatic rings. The fraction of sp³-hybridized carbons (Fsp3) is 0.632. The van der Waals surface area contributed by atoms with E-state index in [9.17, 15) is 4.79 Å². The van der Waals surface area contributed by atoms with Crippen LogP contribution in [0.15, 0.2) is 24.3 Å². The lowest BCUT2D eigenvalue weighted by Gasteiger charge is -2.30. The minimum atomic E-state index is 0.0227. The standard InChI is InChI=1S/C19H30N2O3/c1-3-23-12-13-24-18-11-7-8-16(14-18)20-19(22)15-21(2)17-9-5-4-6-10-17/h7-8,11,14,17H,3-6,9-10,12-13,15H2,1-2H3,(H,20,22). The molecular weight excluding hydrogens is 304 g/mol. The van der Waals surface area contributed by atoms with Gasteiger partial charge in [0.1, 0.15) is 12.4 Å². The number of likely N-dealkylation sites (N-methyl/N-ethyl adjacent to an activating group) is 1. The van der Waals surface area contributed by atoms with Gasteiger partial charge in [-0.15, -0.1) is 0 Å². The zero-order valence-corrected chi connectivity index (χ0v) is 14.9. The second-order valence-corrected chi connectivity index (χ2v) is 6.33. The summed E-state index contributed by atoms with van der Waals surface area (Å²) in [5.41, 5.74) is 0.769. The molecule has 1 aliphatic rings. The summed E-state index contributed by atoms with van der Waals surface area (Å²) in [6, 6.07) is 8.04. The van der Waals surface area contributed by atoms with Crippen molar-refractivity contribution < 1.29 is 14.3 Å². The number of carbonyl (C=O) groups excluding carboxylic acids is 1. The maximum absolute atomic E-state index is 12.3. The van der Waals surface area contributed by atoms with Gasteiger partial charge in [0.05, 0.1) is 13.2 Å². The van der Waals surface area contributed by atoms with Crippen molar-refractivity contribution in [2.75, 3.05) is 38.7 Å². The molecular formula is C19H30N2O3. The molecule has 1 aliphatic carbocycles. The van der Waals surface area contributed by atoms with E-state index < -0.39 is 0 Å². The Balaban J connectivity index is 1.78. The maximum atomic E-state index is 12.3. The number of nitrogens with one attached hydrogen (secondary N) is 1. The van der Waals surface area contributed by atoms with Crippen molar-refractivity contribution >= 4 is 11.6 Å². The number of hydrogen-bond donors (Lipinski definition) is 1. The molecule has 0 unspecified atom stereocenters. The van der Waals surface area contributed by atoms with E-state index in [1.54, 1.807) is 0 Å². The highest BCUT2D eigenvalue weighted by Gasteiger charge is 2.19. The van der Waals surface area contributed by atoms with Gasteiger partial charge in [-0.1, -0.05) is 25.3 Å². The summed E-state index contributed by atoms with van der Waals surface area (Å²) in [6.45, 7) is 4.16. The summed E-state index contributed by atoms with van der Waals surface area (Å²) < 4.78 is 10.9. The van der Waals surface area contributed by atoms with Gasteiger partial charge in [0.25, 0.3) is 0 Å². The number of amides is 1. The van der Waals surface area contributed by atoms with Crippen LogP contribution in [-0.2, 0) is 9.53 Å². The van der Waals surface area contributed by atoms with Crippen LogP contribution in [0.25, 0.3) is 0 Å². The van der Waals surface area contributed by atoms with Gasteiger partial charge < -0.3 is 14.8 Å². The number of hydrogen-bond acceptors (Lipinski definition) is 4. The van der Waals surface area contributed by atoms with Gasteiger partial charge in [-0.3, -0.25) is 9.69 Å². The molecule has 0 radical (unpaired) electrons. The van der Waals surface area contributed by atoms with Gasteiger partial charge in [-0.05, 0) is 38.9 Å². The summed E-state index contributed by atoms with van der Waals surface area (Å²) in [5.74, 6) is 0.766. The van der Waals surface area contributed by atoms with E-state index in [1.807, 2.05) is 38.2 Å². The van der Waals surface area contributed by atoms with Gasteiger partial charge in [-0.25, -0.2) is 0 Å². The summed E-state index contributed by atoms with van der Waals surface area (Å²) in [5, 5.41) is 2.96. The van der Waals surface area contributed by atoms with Crippen molar-refractivity contribution in [3.05, 3.63) is 24.3 Å². The molecule has 24 heavy (non-hydrogen) atoms. The molecule has 0 saturated heterocycles. The highest BCUT2D eigenvalue weighted by Crippen LogP contribution is 2.22. The Labute approximate surface area is 145 Å². The zero-order valence-electron chi connectivity index (χ0n) is 14.9. The van der Waals surface area contributed by atoms with Crippen LogP contribution in [0.5, 0.6) is 5.75 Å². The molecule has 0 spiro atoms. The molecule has 0 aromatic heterocycles. The average molecular weight is 334 g/mol. The van der Waals surface area contributed by atoms with E-state index in [2.05, 4.69) is 10.2 Å². The number of ether oxygens (including phenoxy) is 2. The summed E-state index contributed by atoms with van der Waals surface area (Å²) in [7, 11) is 2.04. The molecule has 1 N–H and O–H groups in total. The Morgan fingerprint density at radius 3 is 2.79 bits per heavy atom. The largest absolute Gasteiger partial charge is 0.491 e. The SMILES string of the molecule is CCOCCOc1cccc(NC(=O)CN(C)C2CCCCC2)c1. The number of anilines is 1. The van der Waals surface area contributed by atoms with Crippen molar-refractivity contribution in [2.45, 2.75) is 45.1 Å². The van der Waals surface area contributed by atoms with E-state index in [-0.39, 0.29) is 5.91 Å². The topological polar surface area (TPSA) is 50.8 Å². The fourth-order valence-corrected chi connectivity index (χ4v) is 3.10. The van der Waals surface area contributed by atoms with Gasteiger partial charge >= 0.3 is 0 Å². The normalized spacial score (nSPS) is 15.5. The molecule has 1 amide bonds. The molecule has 1 fully saturated rings. The first-order chi connectivity index (χ1) is 11.7. The van der Waals surface area contributed by atoms with E-state index in [0.29, 0.717) is 32.4 Å². The lowest BCUT2D eigenvalue weighted by molar-refractivity contribution is -0.117. The lowest BCUT2D eigenvalue weighted by Crippen LogP contribution is -2.39. The Kier molecular flexibility index (Phi) is 8.05. The molecule has 0 heterocycles. The van der Waals surface area contributed by atoms with Crippen LogP contribution in [0.3, 0.4) is 0 Å². The number of benzene rings is 1. The maximum Gasteiger partial charge on any atom is 0.238 e. The molecule has 0 bridgehead atoms. The molecule has 0 aliphatic heterocycles. The second kappa shape index (κ2) is 10.3. The first kappa shape index (κ1) is 18.7. The molecule has 1 aromatic carbocycles. The van der Waals surface area contributed by atoms with Crippen LogP contribution in [0.4, 0.5) is 5.69 Å². The van der Waals surface area contributed by atoms with Gasteiger partial charge in [0, 0.05) is 24.4 Å². The predicted octanol–water partition coefficient (Wildman–Crippen LogP) is 3.30.